The van der Waals surface area contributed by atoms with Crippen LogP contribution < -0.4 is 10.6 Å². The summed E-state index contributed by atoms with van der Waals surface area (Å²) in [5.74, 6) is 0.797. The third-order valence-electron chi connectivity index (χ3n) is 3.07. The van der Waals surface area contributed by atoms with Crippen molar-refractivity contribution in [3.63, 3.8) is 0 Å². The summed E-state index contributed by atoms with van der Waals surface area (Å²) in [6.07, 6.45) is 4.28. The fourth-order valence-corrected chi connectivity index (χ4v) is 2.37. The minimum absolute atomic E-state index is 0.354. The van der Waals surface area contributed by atoms with Crippen molar-refractivity contribution >= 4 is 34.7 Å². The van der Waals surface area contributed by atoms with E-state index in [1.54, 1.807) is 17.8 Å². The van der Waals surface area contributed by atoms with Gasteiger partial charge in [-0.2, -0.15) is 5.10 Å². The van der Waals surface area contributed by atoms with Crippen LogP contribution in [0.5, 0.6) is 0 Å². The molecule has 2 aromatic heterocycles. The van der Waals surface area contributed by atoms with E-state index in [-0.39, 0.29) is 0 Å². The summed E-state index contributed by atoms with van der Waals surface area (Å²) in [7, 11) is 0. The highest BCUT2D eigenvalue weighted by atomic mass is 32.2. The molecule has 0 saturated heterocycles. The van der Waals surface area contributed by atoms with E-state index < -0.39 is 6.09 Å². The summed E-state index contributed by atoms with van der Waals surface area (Å²) in [5.41, 5.74) is 0.758. The molecule has 8 nitrogen and oxygen atoms in total. The van der Waals surface area contributed by atoms with Gasteiger partial charge in [0, 0.05) is 13.1 Å². The molecule has 0 bridgehead atoms. The molecule has 2 heterocycles. The molecule has 0 radical (unpaired) electrons. The van der Waals surface area contributed by atoms with Crippen molar-refractivity contribution < 1.29 is 9.53 Å². The normalized spacial score (nSPS) is 10.7. The Morgan fingerprint density at radius 3 is 2.87 bits per heavy atom. The fourth-order valence-electron chi connectivity index (χ4n) is 2.01. The third kappa shape index (κ3) is 4.47. The number of hydrogen-bond donors (Lipinski definition) is 2. The molecule has 2 aromatic rings. The highest BCUT2D eigenvalue weighted by Gasteiger charge is 2.12. The molecule has 0 aromatic carbocycles. The lowest BCUT2D eigenvalue weighted by molar-refractivity contribution is 0.152. The van der Waals surface area contributed by atoms with Crippen molar-refractivity contribution in [2.24, 2.45) is 0 Å². The second-order valence-electron chi connectivity index (χ2n) is 4.74. The molecule has 0 atom stereocenters. The molecule has 2 rings (SSSR count). The van der Waals surface area contributed by atoms with E-state index in [0.29, 0.717) is 24.9 Å². The van der Waals surface area contributed by atoms with Crippen LogP contribution in [0.15, 0.2) is 11.4 Å². The number of nitrogens with one attached hydrogen (secondary N) is 2. The van der Waals surface area contributed by atoms with Crippen molar-refractivity contribution in [1.82, 2.24) is 25.1 Å². The topological polar surface area (TPSA) is 94.0 Å². The minimum atomic E-state index is -0.423. The Hall–Kier alpha value is -2.03. The second kappa shape index (κ2) is 8.56. The number of ether oxygens (including phenoxy) is 1. The van der Waals surface area contributed by atoms with Gasteiger partial charge in [-0.15, -0.1) is 0 Å². The summed E-state index contributed by atoms with van der Waals surface area (Å²) in [6, 6.07) is 0. The van der Waals surface area contributed by atoms with Gasteiger partial charge in [-0.25, -0.2) is 19.4 Å². The average Bonchev–Trinajstić information content (AvgIpc) is 2.96. The van der Waals surface area contributed by atoms with Gasteiger partial charge in [0.2, 0.25) is 0 Å². The zero-order valence-electron chi connectivity index (χ0n) is 13.6. The van der Waals surface area contributed by atoms with Crippen molar-refractivity contribution in [2.75, 3.05) is 31.3 Å². The van der Waals surface area contributed by atoms with Gasteiger partial charge < -0.3 is 15.4 Å². The maximum atomic E-state index is 11.3. The predicted octanol–water partition coefficient (Wildman–Crippen LogP) is 2.12. The first-order chi connectivity index (χ1) is 11.2. The van der Waals surface area contributed by atoms with Gasteiger partial charge in [0.1, 0.15) is 5.82 Å². The number of fused-ring (bicyclic) bond motifs is 1. The van der Waals surface area contributed by atoms with Crippen LogP contribution in [0.2, 0.25) is 0 Å². The first-order valence-corrected chi connectivity index (χ1v) is 8.84. The zero-order valence-corrected chi connectivity index (χ0v) is 14.4. The molecule has 0 fully saturated rings. The molecule has 0 aliphatic carbocycles. The zero-order chi connectivity index (χ0) is 16.7. The van der Waals surface area contributed by atoms with E-state index in [4.69, 9.17) is 4.74 Å². The predicted molar refractivity (Wildman–Crippen MR) is 90.9 cm³/mol. The first-order valence-electron chi connectivity index (χ1n) is 7.61. The van der Waals surface area contributed by atoms with Crippen LogP contribution >= 0.6 is 11.8 Å². The van der Waals surface area contributed by atoms with Crippen LogP contribution in [0.1, 0.15) is 20.3 Å². The number of hydrogen-bond acceptors (Lipinski definition) is 7. The molecular formula is C14H22N6O2S. The standard InChI is InChI=1S/C14H22N6O2S/c1-4-6-15-11-10-9-17-20(8-7-16-14(21)22-5-2)12(10)19-13(18-11)23-3/h9H,4-8H2,1-3H3,(H,16,21)(H,15,18,19). The Morgan fingerprint density at radius 1 is 1.35 bits per heavy atom. The number of alkyl carbamates (subject to hydrolysis) is 1. The highest BCUT2D eigenvalue weighted by Crippen LogP contribution is 2.23. The van der Waals surface area contributed by atoms with Crippen LogP contribution in [-0.2, 0) is 11.3 Å². The van der Waals surface area contributed by atoms with Crippen LogP contribution in [0, 0.1) is 0 Å². The van der Waals surface area contributed by atoms with Gasteiger partial charge in [0.05, 0.1) is 24.7 Å². The minimum Gasteiger partial charge on any atom is -0.450 e. The Morgan fingerprint density at radius 2 is 2.17 bits per heavy atom. The largest absolute Gasteiger partial charge is 0.450 e. The summed E-state index contributed by atoms with van der Waals surface area (Å²) in [6.45, 7) is 6.01. The lowest BCUT2D eigenvalue weighted by Crippen LogP contribution is -2.28. The Labute approximate surface area is 139 Å². The van der Waals surface area contributed by atoms with Gasteiger partial charge in [-0.3, -0.25) is 0 Å². The number of anilines is 1. The maximum absolute atomic E-state index is 11.3. The van der Waals surface area contributed by atoms with Gasteiger partial charge >= 0.3 is 6.09 Å². The molecule has 1 amide bonds. The molecule has 0 saturated carbocycles. The van der Waals surface area contributed by atoms with E-state index in [2.05, 4.69) is 32.6 Å². The van der Waals surface area contributed by atoms with E-state index >= 15 is 0 Å². The monoisotopic (exact) mass is 338 g/mol. The highest BCUT2D eigenvalue weighted by molar-refractivity contribution is 7.98. The van der Waals surface area contributed by atoms with Crippen LogP contribution in [0.25, 0.3) is 11.0 Å². The van der Waals surface area contributed by atoms with Crippen molar-refractivity contribution in [3.8, 4) is 0 Å². The number of rotatable bonds is 8. The van der Waals surface area contributed by atoms with Gasteiger partial charge in [0.25, 0.3) is 0 Å². The number of aromatic nitrogens is 4. The molecule has 2 N–H and O–H groups in total. The number of carbonyl (C=O) groups excluding carboxylic acids is 1. The molecule has 9 heteroatoms. The molecular weight excluding hydrogens is 316 g/mol. The Bertz CT molecular complexity index is 660. The van der Waals surface area contributed by atoms with Crippen molar-refractivity contribution in [1.29, 1.82) is 0 Å². The molecule has 126 valence electrons. The maximum Gasteiger partial charge on any atom is 0.407 e. The van der Waals surface area contributed by atoms with E-state index in [1.165, 1.54) is 11.8 Å². The second-order valence-corrected chi connectivity index (χ2v) is 5.51. The molecule has 0 spiro atoms. The quantitative estimate of drug-likeness (QED) is 0.562. The van der Waals surface area contributed by atoms with Crippen LogP contribution in [0.4, 0.5) is 10.6 Å². The molecule has 0 unspecified atom stereocenters. The molecule has 0 aliphatic heterocycles. The van der Waals surface area contributed by atoms with E-state index in [1.807, 2.05) is 6.26 Å². The summed E-state index contributed by atoms with van der Waals surface area (Å²) in [5, 5.41) is 11.9. The SMILES string of the molecule is CCCNc1nc(SC)nc2c1cnn2CCNC(=O)OCC. The first kappa shape index (κ1) is 17.3. The number of carbonyl (C=O) groups is 1. The molecule has 23 heavy (non-hydrogen) atoms. The summed E-state index contributed by atoms with van der Waals surface area (Å²) < 4.78 is 6.59. The smallest absolute Gasteiger partial charge is 0.407 e. The number of thioether (sulfide) groups is 1. The summed E-state index contributed by atoms with van der Waals surface area (Å²) >= 11 is 1.49. The van der Waals surface area contributed by atoms with E-state index in [9.17, 15) is 4.79 Å². The van der Waals surface area contributed by atoms with Gasteiger partial charge in [0.15, 0.2) is 10.8 Å². The van der Waals surface area contributed by atoms with E-state index in [0.717, 1.165) is 29.8 Å². The lowest BCUT2D eigenvalue weighted by Gasteiger charge is -2.08. The lowest BCUT2D eigenvalue weighted by atomic mass is 10.3. The third-order valence-corrected chi connectivity index (χ3v) is 3.62. The van der Waals surface area contributed by atoms with Crippen LogP contribution in [-0.4, -0.2) is 51.8 Å². The van der Waals surface area contributed by atoms with Gasteiger partial charge in [-0.1, -0.05) is 18.7 Å². The van der Waals surface area contributed by atoms with Crippen LogP contribution in [0.3, 0.4) is 0 Å². The Kier molecular flexibility index (Phi) is 6.45. The molecule has 0 aliphatic rings. The summed E-state index contributed by atoms with van der Waals surface area (Å²) in [4.78, 5) is 20.3. The van der Waals surface area contributed by atoms with Gasteiger partial charge in [-0.05, 0) is 19.6 Å². The Balaban J connectivity index is 2.16. The van der Waals surface area contributed by atoms with Crippen molar-refractivity contribution in [3.05, 3.63) is 6.20 Å². The number of amides is 1. The van der Waals surface area contributed by atoms with Crippen molar-refractivity contribution in [2.45, 2.75) is 32.0 Å². The number of nitrogens with zero attached hydrogens (tertiary/aromatic N) is 4. The fraction of sp³-hybridized carbons (Fsp3) is 0.571. The average molecular weight is 338 g/mol.